The minimum atomic E-state index is 0.713. The van der Waals surface area contributed by atoms with E-state index >= 15 is 0 Å². The van der Waals surface area contributed by atoms with Gasteiger partial charge in [-0.2, -0.15) is 0 Å². The zero-order valence-corrected chi connectivity index (χ0v) is 15.5. The smallest absolute Gasteiger partial charge is 0.146 e. The van der Waals surface area contributed by atoms with Crippen LogP contribution in [0.25, 0.3) is 38.6 Å². The second kappa shape index (κ2) is 5.73. The molecule has 2 heterocycles. The van der Waals surface area contributed by atoms with Crippen molar-refractivity contribution >= 4 is 50.7 Å². The van der Waals surface area contributed by atoms with Crippen LogP contribution in [0.3, 0.4) is 0 Å². The van der Waals surface area contributed by atoms with Gasteiger partial charge in [-0.25, -0.2) is 4.98 Å². The Morgan fingerprint density at radius 3 is 2.46 bits per heavy atom. The van der Waals surface area contributed by atoms with Crippen LogP contribution in [-0.4, -0.2) is 9.38 Å². The maximum Gasteiger partial charge on any atom is 0.146 e. The molecule has 0 N–H and O–H groups in total. The summed E-state index contributed by atoms with van der Waals surface area (Å²) in [5.74, 6) is 0. The van der Waals surface area contributed by atoms with E-state index in [0.717, 1.165) is 43.6 Å². The van der Waals surface area contributed by atoms with Gasteiger partial charge in [-0.05, 0) is 42.3 Å². The van der Waals surface area contributed by atoms with Crippen molar-refractivity contribution in [3.8, 4) is 11.1 Å². The normalized spacial score (nSPS) is 11.7. The lowest BCUT2D eigenvalue weighted by Gasteiger charge is -2.07. The second-order valence-corrected chi connectivity index (χ2v) is 7.35. The van der Waals surface area contributed by atoms with Gasteiger partial charge in [0.1, 0.15) is 5.65 Å². The highest BCUT2D eigenvalue weighted by atomic mass is 35.5. The summed E-state index contributed by atoms with van der Waals surface area (Å²) < 4.78 is 2.22. The molecule has 4 heteroatoms. The summed E-state index contributed by atoms with van der Waals surface area (Å²) >= 11 is 12.4. The van der Waals surface area contributed by atoms with E-state index in [1.165, 1.54) is 5.56 Å². The predicted molar refractivity (Wildman–Crippen MR) is 110 cm³/mol. The molecule has 0 saturated carbocycles. The van der Waals surface area contributed by atoms with Crippen molar-refractivity contribution in [3.05, 3.63) is 82.5 Å². The summed E-state index contributed by atoms with van der Waals surface area (Å²) in [6, 6.07) is 20.2. The third-order valence-electron chi connectivity index (χ3n) is 4.86. The number of hydrogen-bond acceptors (Lipinski definition) is 1. The molecule has 2 aromatic heterocycles. The number of fused-ring (bicyclic) bond motifs is 5. The number of para-hydroxylation sites is 1. The molecular weight excluding hydrogens is 363 g/mol. The van der Waals surface area contributed by atoms with Crippen molar-refractivity contribution < 1.29 is 0 Å². The molecule has 3 aromatic carbocycles. The Balaban J connectivity index is 2.05. The fourth-order valence-corrected chi connectivity index (χ4v) is 4.01. The third kappa shape index (κ3) is 2.23. The molecule has 0 unspecified atom stereocenters. The second-order valence-electron chi connectivity index (χ2n) is 6.47. The van der Waals surface area contributed by atoms with E-state index in [2.05, 4.69) is 35.6 Å². The molecule has 5 aromatic rings. The number of aromatic nitrogens is 2. The first-order valence-electron chi connectivity index (χ1n) is 8.37. The molecule has 0 radical (unpaired) electrons. The molecule has 0 amide bonds. The SMILES string of the molecule is Cc1cccc2cnc3c(-c4ccc(Cl)cc4)c4ccc(Cl)cc4n3c12. The average Bonchev–Trinajstić information content (AvgIpc) is 2.96. The van der Waals surface area contributed by atoms with Crippen LogP contribution in [0, 0.1) is 6.92 Å². The molecule has 0 aliphatic rings. The predicted octanol–water partition coefficient (Wildman–Crippen LogP) is 6.92. The quantitative estimate of drug-likeness (QED) is 0.310. The van der Waals surface area contributed by atoms with Crippen molar-refractivity contribution in [2.24, 2.45) is 0 Å². The van der Waals surface area contributed by atoms with Gasteiger partial charge in [-0.3, -0.25) is 4.40 Å². The molecule has 0 bridgehead atoms. The van der Waals surface area contributed by atoms with Gasteiger partial charge in [0.15, 0.2) is 0 Å². The molecule has 0 spiro atoms. The van der Waals surface area contributed by atoms with Crippen molar-refractivity contribution in [1.82, 2.24) is 9.38 Å². The van der Waals surface area contributed by atoms with Gasteiger partial charge in [0.25, 0.3) is 0 Å². The fraction of sp³-hybridized carbons (Fsp3) is 0.0455. The van der Waals surface area contributed by atoms with Crippen LogP contribution in [0.1, 0.15) is 5.56 Å². The lowest BCUT2D eigenvalue weighted by atomic mass is 10.0. The number of nitrogens with zero attached hydrogens (tertiary/aromatic N) is 2. The Morgan fingerprint density at radius 1 is 0.885 bits per heavy atom. The summed E-state index contributed by atoms with van der Waals surface area (Å²) in [5.41, 5.74) is 6.53. The van der Waals surface area contributed by atoms with E-state index in [-0.39, 0.29) is 0 Å². The van der Waals surface area contributed by atoms with Crippen LogP contribution in [0.15, 0.2) is 66.9 Å². The van der Waals surface area contributed by atoms with Gasteiger partial charge < -0.3 is 0 Å². The van der Waals surface area contributed by atoms with Gasteiger partial charge >= 0.3 is 0 Å². The van der Waals surface area contributed by atoms with E-state index in [0.29, 0.717) is 5.02 Å². The first-order valence-corrected chi connectivity index (χ1v) is 9.13. The van der Waals surface area contributed by atoms with E-state index < -0.39 is 0 Å². The number of hydrogen-bond donors (Lipinski definition) is 0. The number of aryl methyl sites for hydroxylation is 1. The Bertz CT molecular complexity index is 1300. The summed E-state index contributed by atoms with van der Waals surface area (Å²) in [6.45, 7) is 2.13. The standard InChI is InChI=1S/C22H14Cl2N2/c1-13-3-2-4-15-12-25-22-20(14-5-7-16(23)8-6-14)18-10-9-17(24)11-19(18)26(22)21(13)15/h2-12H,1H3. The fourth-order valence-electron chi connectivity index (χ4n) is 3.72. The van der Waals surface area contributed by atoms with Gasteiger partial charge in [0, 0.05) is 32.6 Å². The minimum absolute atomic E-state index is 0.713. The molecule has 0 fully saturated rings. The van der Waals surface area contributed by atoms with E-state index in [1.54, 1.807) is 0 Å². The average molecular weight is 377 g/mol. The van der Waals surface area contributed by atoms with Gasteiger partial charge in [0.2, 0.25) is 0 Å². The molecule has 0 saturated heterocycles. The highest BCUT2D eigenvalue weighted by Crippen LogP contribution is 2.38. The van der Waals surface area contributed by atoms with Crippen LogP contribution in [-0.2, 0) is 0 Å². The Morgan fingerprint density at radius 2 is 1.65 bits per heavy atom. The van der Waals surface area contributed by atoms with Crippen LogP contribution in [0.5, 0.6) is 0 Å². The zero-order valence-electron chi connectivity index (χ0n) is 14.0. The van der Waals surface area contributed by atoms with Gasteiger partial charge in [-0.15, -0.1) is 0 Å². The van der Waals surface area contributed by atoms with Gasteiger partial charge in [0.05, 0.1) is 11.0 Å². The van der Waals surface area contributed by atoms with Crippen LogP contribution in [0.4, 0.5) is 0 Å². The largest absolute Gasteiger partial charge is 0.293 e. The Labute approximate surface area is 160 Å². The van der Waals surface area contributed by atoms with Crippen molar-refractivity contribution in [2.75, 3.05) is 0 Å². The first-order chi connectivity index (χ1) is 12.6. The van der Waals surface area contributed by atoms with E-state index in [9.17, 15) is 0 Å². The molecular formula is C22H14Cl2N2. The molecule has 126 valence electrons. The molecule has 26 heavy (non-hydrogen) atoms. The zero-order chi connectivity index (χ0) is 17.8. The lowest BCUT2D eigenvalue weighted by Crippen LogP contribution is -1.93. The maximum absolute atomic E-state index is 6.33. The molecule has 0 aliphatic carbocycles. The highest BCUT2D eigenvalue weighted by molar-refractivity contribution is 6.31. The highest BCUT2D eigenvalue weighted by Gasteiger charge is 2.17. The monoisotopic (exact) mass is 376 g/mol. The number of rotatable bonds is 1. The lowest BCUT2D eigenvalue weighted by molar-refractivity contribution is 1.22. The number of benzene rings is 3. The third-order valence-corrected chi connectivity index (χ3v) is 5.34. The van der Waals surface area contributed by atoms with Crippen molar-refractivity contribution in [1.29, 1.82) is 0 Å². The van der Waals surface area contributed by atoms with E-state index in [1.807, 2.05) is 42.6 Å². The van der Waals surface area contributed by atoms with Crippen LogP contribution in [0.2, 0.25) is 10.0 Å². The maximum atomic E-state index is 6.33. The number of halogens is 2. The minimum Gasteiger partial charge on any atom is -0.293 e. The Hall–Kier alpha value is -2.55. The topological polar surface area (TPSA) is 17.3 Å². The summed E-state index contributed by atoms with van der Waals surface area (Å²) in [5, 5.41) is 3.67. The molecule has 0 aliphatic heterocycles. The van der Waals surface area contributed by atoms with Crippen LogP contribution < -0.4 is 0 Å². The Kier molecular flexibility index (Phi) is 3.46. The van der Waals surface area contributed by atoms with Crippen molar-refractivity contribution in [3.63, 3.8) is 0 Å². The molecule has 0 atom stereocenters. The van der Waals surface area contributed by atoms with Crippen molar-refractivity contribution in [2.45, 2.75) is 6.92 Å². The summed E-state index contributed by atoms with van der Waals surface area (Å²) in [7, 11) is 0. The van der Waals surface area contributed by atoms with E-state index in [4.69, 9.17) is 28.2 Å². The molecule has 2 nitrogen and oxygen atoms in total. The summed E-state index contributed by atoms with van der Waals surface area (Å²) in [6.07, 6.45) is 1.94. The van der Waals surface area contributed by atoms with Crippen LogP contribution >= 0.6 is 23.2 Å². The first kappa shape index (κ1) is 15.7. The van der Waals surface area contributed by atoms with Gasteiger partial charge in [-0.1, -0.05) is 59.6 Å². The summed E-state index contributed by atoms with van der Waals surface area (Å²) in [4.78, 5) is 4.80. The molecule has 5 rings (SSSR count).